The largest absolute Gasteiger partial charge is 0.494 e. The molecule has 0 saturated heterocycles. The van der Waals surface area contributed by atoms with Crippen LogP contribution in [0.1, 0.15) is 55.6 Å². The number of rotatable bonds is 6. The fraction of sp³-hybridized carbons (Fsp3) is 0.480. The fourth-order valence-corrected chi connectivity index (χ4v) is 6.05. The van der Waals surface area contributed by atoms with Crippen LogP contribution >= 0.6 is 11.3 Å². The van der Waals surface area contributed by atoms with Gasteiger partial charge in [-0.2, -0.15) is 0 Å². The highest BCUT2D eigenvalue weighted by atomic mass is 32.1. The Morgan fingerprint density at radius 3 is 2.94 bits per heavy atom. The van der Waals surface area contributed by atoms with Gasteiger partial charge >= 0.3 is 0 Å². The van der Waals surface area contributed by atoms with E-state index in [1.54, 1.807) is 17.5 Å². The molecule has 0 spiro atoms. The standard InChI is InChI=1S/C25H30N4O3S/c1-2-32-20-10-6-3-7-16(20)24-23-18(15-27-25(23)31)28-17-8-4-5-9-19(17)29(24)22(30)12-11-21-26-13-14-33-21/h3,6-7,10,13-14,17,19,24,28H,2,4-5,8-9,11-12,15H2,1H3,(H,27,31). The van der Waals surface area contributed by atoms with Gasteiger partial charge in [-0.3, -0.25) is 9.59 Å². The van der Waals surface area contributed by atoms with Crippen molar-refractivity contribution in [2.45, 2.75) is 63.6 Å². The summed E-state index contributed by atoms with van der Waals surface area (Å²) < 4.78 is 5.98. The summed E-state index contributed by atoms with van der Waals surface area (Å²) in [7, 11) is 0. The van der Waals surface area contributed by atoms with E-state index in [1.807, 2.05) is 41.5 Å². The number of carbonyl (C=O) groups excluding carboxylic acids is 2. The topological polar surface area (TPSA) is 83.6 Å². The van der Waals surface area contributed by atoms with E-state index in [0.29, 0.717) is 31.6 Å². The van der Waals surface area contributed by atoms with Crippen LogP contribution in [-0.4, -0.2) is 46.9 Å². The number of hydrogen-bond donors (Lipinski definition) is 2. The molecule has 5 rings (SSSR count). The lowest BCUT2D eigenvalue weighted by Gasteiger charge is -2.43. The van der Waals surface area contributed by atoms with Gasteiger partial charge in [-0.25, -0.2) is 4.98 Å². The van der Waals surface area contributed by atoms with Crippen molar-refractivity contribution in [3.8, 4) is 5.75 Å². The van der Waals surface area contributed by atoms with Crippen LogP contribution in [0.5, 0.6) is 5.75 Å². The SMILES string of the molecule is CCOc1ccccc1C1C2=C(CNC2=O)NC2CCCCC2N1C(=O)CCc1nccs1. The molecule has 2 amide bonds. The zero-order chi connectivity index (χ0) is 22.8. The van der Waals surface area contributed by atoms with Crippen LogP contribution in [0.3, 0.4) is 0 Å². The number of nitrogens with one attached hydrogen (secondary N) is 2. The molecule has 33 heavy (non-hydrogen) atoms. The molecule has 1 saturated carbocycles. The highest BCUT2D eigenvalue weighted by Gasteiger charge is 2.46. The van der Waals surface area contributed by atoms with Crippen LogP contribution in [0.4, 0.5) is 0 Å². The second kappa shape index (κ2) is 9.55. The van der Waals surface area contributed by atoms with Gasteiger partial charge < -0.3 is 20.3 Å². The molecule has 1 aromatic heterocycles. The number of fused-ring (bicyclic) bond motifs is 1. The Morgan fingerprint density at radius 1 is 1.27 bits per heavy atom. The summed E-state index contributed by atoms with van der Waals surface area (Å²) >= 11 is 1.57. The summed E-state index contributed by atoms with van der Waals surface area (Å²) in [6.45, 7) is 2.95. The van der Waals surface area contributed by atoms with Gasteiger partial charge in [0, 0.05) is 41.7 Å². The molecule has 0 radical (unpaired) electrons. The van der Waals surface area contributed by atoms with Crippen molar-refractivity contribution in [3.05, 3.63) is 57.7 Å². The van der Waals surface area contributed by atoms with Crippen LogP contribution in [0, 0.1) is 0 Å². The maximum Gasteiger partial charge on any atom is 0.251 e. The molecule has 8 heteroatoms. The van der Waals surface area contributed by atoms with Crippen LogP contribution in [0.2, 0.25) is 0 Å². The Hall–Kier alpha value is -2.87. The molecule has 2 N–H and O–H groups in total. The Balaban J connectivity index is 1.60. The van der Waals surface area contributed by atoms with E-state index in [2.05, 4.69) is 15.6 Å². The summed E-state index contributed by atoms with van der Waals surface area (Å²) in [6, 6.07) is 7.52. The number of ether oxygens (including phenoxy) is 1. The number of hydrogen-bond acceptors (Lipinski definition) is 6. The minimum Gasteiger partial charge on any atom is -0.494 e. The fourth-order valence-electron chi connectivity index (χ4n) is 5.43. The van der Waals surface area contributed by atoms with Crippen LogP contribution < -0.4 is 15.4 Å². The predicted octanol–water partition coefficient (Wildman–Crippen LogP) is 3.34. The molecule has 174 valence electrons. The Morgan fingerprint density at radius 2 is 2.12 bits per heavy atom. The van der Waals surface area contributed by atoms with E-state index in [9.17, 15) is 9.59 Å². The third-order valence-electron chi connectivity index (χ3n) is 6.83. The molecule has 1 aromatic carbocycles. The smallest absolute Gasteiger partial charge is 0.251 e. The van der Waals surface area contributed by atoms with Gasteiger partial charge in [0.2, 0.25) is 5.91 Å². The van der Waals surface area contributed by atoms with Crippen molar-refractivity contribution in [1.29, 1.82) is 0 Å². The number of thiazole rings is 1. The maximum atomic E-state index is 13.9. The van der Waals surface area contributed by atoms with Crippen LogP contribution in [-0.2, 0) is 16.0 Å². The van der Waals surface area contributed by atoms with E-state index in [0.717, 1.165) is 47.7 Å². The molecular weight excluding hydrogens is 436 g/mol. The number of aromatic nitrogens is 1. The summed E-state index contributed by atoms with van der Waals surface area (Å²) in [5, 5.41) is 9.55. The molecule has 3 atom stereocenters. The maximum absolute atomic E-state index is 13.9. The molecule has 7 nitrogen and oxygen atoms in total. The molecule has 3 heterocycles. The first-order valence-corrected chi connectivity index (χ1v) is 12.7. The van der Waals surface area contributed by atoms with E-state index in [1.165, 1.54) is 0 Å². The second-order valence-electron chi connectivity index (χ2n) is 8.78. The van der Waals surface area contributed by atoms with Crippen molar-refractivity contribution in [2.24, 2.45) is 0 Å². The Kier molecular flexibility index (Phi) is 6.35. The first-order chi connectivity index (χ1) is 16.2. The highest BCUT2D eigenvalue weighted by Crippen LogP contribution is 2.43. The number of nitrogens with zero attached hydrogens (tertiary/aromatic N) is 2. The Labute approximate surface area is 198 Å². The van der Waals surface area contributed by atoms with Gasteiger partial charge in [0.05, 0.1) is 35.8 Å². The van der Waals surface area contributed by atoms with Gasteiger partial charge in [0.25, 0.3) is 5.91 Å². The highest BCUT2D eigenvalue weighted by molar-refractivity contribution is 7.09. The molecule has 2 aliphatic heterocycles. The lowest BCUT2D eigenvalue weighted by molar-refractivity contribution is -0.137. The zero-order valence-electron chi connectivity index (χ0n) is 18.9. The minimum atomic E-state index is -0.477. The van der Waals surface area contributed by atoms with Crippen molar-refractivity contribution in [1.82, 2.24) is 20.5 Å². The molecule has 0 bridgehead atoms. The van der Waals surface area contributed by atoms with Gasteiger partial charge in [-0.1, -0.05) is 31.0 Å². The average molecular weight is 467 g/mol. The predicted molar refractivity (Wildman–Crippen MR) is 127 cm³/mol. The number of benzene rings is 1. The monoisotopic (exact) mass is 466 g/mol. The molecule has 3 aliphatic rings. The van der Waals surface area contributed by atoms with Crippen LogP contribution in [0.15, 0.2) is 47.1 Å². The first kappa shape index (κ1) is 21.9. The van der Waals surface area contributed by atoms with Gasteiger partial charge in [0.1, 0.15) is 5.75 Å². The zero-order valence-corrected chi connectivity index (χ0v) is 19.7. The molecule has 1 fully saturated rings. The third-order valence-corrected chi connectivity index (χ3v) is 7.67. The summed E-state index contributed by atoms with van der Waals surface area (Å²) in [5.41, 5.74) is 2.45. The van der Waals surface area contributed by atoms with E-state index in [4.69, 9.17) is 4.74 Å². The van der Waals surface area contributed by atoms with Gasteiger partial charge in [-0.05, 0) is 25.8 Å². The summed E-state index contributed by atoms with van der Waals surface area (Å²) in [4.78, 5) is 33.4. The average Bonchev–Trinajstić information content (AvgIpc) is 3.44. The van der Waals surface area contributed by atoms with E-state index in [-0.39, 0.29) is 23.9 Å². The molecule has 3 unspecified atom stereocenters. The van der Waals surface area contributed by atoms with Gasteiger partial charge in [-0.15, -0.1) is 11.3 Å². The van der Waals surface area contributed by atoms with Crippen LogP contribution in [0.25, 0.3) is 0 Å². The third kappa shape index (κ3) is 4.24. The second-order valence-corrected chi connectivity index (χ2v) is 9.76. The lowest BCUT2D eigenvalue weighted by atomic mass is 9.87. The van der Waals surface area contributed by atoms with Crippen molar-refractivity contribution < 1.29 is 14.3 Å². The normalized spacial score (nSPS) is 24.5. The van der Waals surface area contributed by atoms with E-state index < -0.39 is 6.04 Å². The summed E-state index contributed by atoms with van der Waals surface area (Å²) in [6.07, 6.45) is 6.87. The molecule has 1 aliphatic carbocycles. The van der Waals surface area contributed by atoms with E-state index >= 15 is 0 Å². The number of carbonyl (C=O) groups is 2. The van der Waals surface area contributed by atoms with Crippen molar-refractivity contribution >= 4 is 23.2 Å². The van der Waals surface area contributed by atoms with Crippen molar-refractivity contribution in [3.63, 3.8) is 0 Å². The molecular formula is C25H30N4O3S. The summed E-state index contributed by atoms with van der Waals surface area (Å²) in [5.74, 6) is 0.683. The van der Waals surface area contributed by atoms with Gasteiger partial charge in [0.15, 0.2) is 0 Å². The Bertz CT molecular complexity index is 1050. The number of aryl methyl sites for hydroxylation is 1. The number of amides is 2. The first-order valence-electron chi connectivity index (χ1n) is 11.9. The molecule has 2 aromatic rings. The minimum absolute atomic E-state index is 0.0284. The number of para-hydroxylation sites is 1. The quantitative estimate of drug-likeness (QED) is 0.682. The lowest BCUT2D eigenvalue weighted by Crippen LogP contribution is -2.53. The van der Waals surface area contributed by atoms with Crippen molar-refractivity contribution in [2.75, 3.05) is 13.2 Å².